The van der Waals surface area contributed by atoms with Gasteiger partial charge in [-0.1, -0.05) is 0 Å². The third-order valence-electron chi connectivity index (χ3n) is 3.62. The van der Waals surface area contributed by atoms with Crippen molar-refractivity contribution < 1.29 is 9.53 Å². The quantitative estimate of drug-likeness (QED) is 0.932. The van der Waals surface area contributed by atoms with Crippen LogP contribution < -0.4 is 5.32 Å². The Morgan fingerprint density at radius 1 is 1.61 bits per heavy atom. The molecule has 1 amide bonds. The molecule has 1 aliphatic carbocycles. The van der Waals surface area contributed by atoms with Crippen LogP contribution >= 0.6 is 15.9 Å². The number of nitrogens with one attached hydrogen (secondary N) is 1. The topological polar surface area (TPSA) is 43.3 Å². The minimum absolute atomic E-state index is 0.000556. The Kier molecular flexibility index (Phi) is 2.98. The fourth-order valence-electron chi connectivity index (χ4n) is 2.39. The third-order valence-corrected chi connectivity index (χ3v) is 4.06. The second-order valence-electron chi connectivity index (χ2n) is 5.50. The van der Waals surface area contributed by atoms with E-state index in [0.717, 1.165) is 23.2 Å². The minimum Gasteiger partial charge on any atom is -0.379 e. The van der Waals surface area contributed by atoms with Gasteiger partial charge in [-0.05, 0) is 48.2 Å². The summed E-state index contributed by atoms with van der Waals surface area (Å²) in [6.45, 7) is 3.37. The Labute approximate surface area is 115 Å². The normalized spacial score (nSPS) is 27.4. The van der Waals surface area contributed by atoms with Crippen LogP contribution in [0, 0.1) is 0 Å². The highest BCUT2D eigenvalue weighted by Crippen LogP contribution is 2.37. The van der Waals surface area contributed by atoms with Crippen LogP contribution in [-0.2, 0) is 4.74 Å². The van der Waals surface area contributed by atoms with Gasteiger partial charge in [0.1, 0.15) is 5.69 Å². The molecule has 5 heteroatoms. The van der Waals surface area contributed by atoms with Gasteiger partial charge in [0.15, 0.2) is 0 Å². The molecule has 4 nitrogen and oxygen atoms in total. The van der Waals surface area contributed by atoms with E-state index in [1.54, 1.807) is 0 Å². The Morgan fingerprint density at radius 2 is 2.39 bits per heavy atom. The van der Waals surface area contributed by atoms with Crippen LogP contribution in [-0.4, -0.2) is 29.2 Å². The first kappa shape index (κ1) is 12.2. The van der Waals surface area contributed by atoms with Crippen molar-refractivity contribution in [2.24, 2.45) is 0 Å². The zero-order valence-corrected chi connectivity index (χ0v) is 12.0. The molecule has 1 aliphatic heterocycles. The van der Waals surface area contributed by atoms with Crippen LogP contribution in [0.3, 0.4) is 0 Å². The number of halogens is 1. The second-order valence-corrected chi connectivity index (χ2v) is 6.42. The lowest BCUT2D eigenvalue weighted by atomic mass is 10.0. The molecule has 1 atom stereocenters. The second kappa shape index (κ2) is 4.38. The Hall–Kier alpha value is -0.810. The van der Waals surface area contributed by atoms with E-state index in [4.69, 9.17) is 4.74 Å². The van der Waals surface area contributed by atoms with Gasteiger partial charge in [0.05, 0.1) is 12.1 Å². The zero-order valence-electron chi connectivity index (χ0n) is 10.4. The smallest absolute Gasteiger partial charge is 0.268 e. The van der Waals surface area contributed by atoms with Gasteiger partial charge in [-0.3, -0.25) is 4.79 Å². The molecule has 0 aromatic carbocycles. The largest absolute Gasteiger partial charge is 0.379 e. The first-order valence-corrected chi connectivity index (χ1v) is 7.14. The van der Waals surface area contributed by atoms with E-state index in [1.807, 2.05) is 19.2 Å². The molecule has 1 aromatic rings. The van der Waals surface area contributed by atoms with Crippen molar-refractivity contribution in [2.75, 3.05) is 13.2 Å². The SMILES string of the molecule is CC1(NC(=O)c2cc(Br)cn2C2CC2)CCOC1. The van der Waals surface area contributed by atoms with Crippen LogP contribution in [0.1, 0.15) is 42.7 Å². The maximum atomic E-state index is 12.4. The summed E-state index contributed by atoms with van der Waals surface area (Å²) in [5.74, 6) is 0.000556. The molecule has 18 heavy (non-hydrogen) atoms. The summed E-state index contributed by atoms with van der Waals surface area (Å²) in [4.78, 5) is 12.4. The molecule has 98 valence electrons. The van der Waals surface area contributed by atoms with Gasteiger partial charge in [-0.15, -0.1) is 0 Å². The summed E-state index contributed by atoms with van der Waals surface area (Å²) < 4.78 is 8.41. The van der Waals surface area contributed by atoms with E-state index in [-0.39, 0.29) is 11.4 Å². The number of aromatic nitrogens is 1. The molecule has 1 N–H and O–H groups in total. The van der Waals surface area contributed by atoms with Crippen molar-refractivity contribution in [3.8, 4) is 0 Å². The number of carbonyl (C=O) groups excluding carboxylic acids is 1. The number of nitrogens with zero attached hydrogens (tertiary/aromatic N) is 1. The van der Waals surface area contributed by atoms with Crippen LogP contribution in [0.15, 0.2) is 16.7 Å². The van der Waals surface area contributed by atoms with E-state index in [0.29, 0.717) is 12.6 Å². The fraction of sp³-hybridized carbons (Fsp3) is 0.615. The van der Waals surface area contributed by atoms with Gasteiger partial charge in [0, 0.05) is 23.3 Å². The molecule has 1 unspecified atom stereocenters. The molecule has 1 saturated carbocycles. The summed E-state index contributed by atoms with van der Waals surface area (Å²) >= 11 is 3.45. The molecule has 1 saturated heterocycles. The first-order valence-electron chi connectivity index (χ1n) is 6.35. The van der Waals surface area contributed by atoms with Crippen molar-refractivity contribution in [3.05, 3.63) is 22.4 Å². The zero-order chi connectivity index (χ0) is 12.8. The van der Waals surface area contributed by atoms with Gasteiger partial charge in [-0.25, -0.2) is 0 Å². The van der Waals surface area contributed by atoms with Crippen molar-refractivity contribution in [3.63, 3.8) is 0 Å². The first-order chi connectivity index (χ1) is 8.57. The average molecular weight is 313 g/mol. The summed E-state index contributed by atoms with van der Waals surface area (Å²) in [6, 6.07) is 2.40. The standard InChI is InChI=1S/C13H17BrN2O2/c1-13(4-5-18-8-13)15-12(17)11-6-9(14)7-16(11)10-2-3-10/h6-7,10H,2-5,8H2,1H3,(H,15,17). The van der Waals surface area contributed by atoms with Crippen LogP contribution in [0.25, 0.3) is 0 Å². The maximum absolute atomic E-state index is 12.4. The van der Waals surface area contributed by atoms with Gasteiger partial charge < -0.3 is 14.6 Å². The van der Waals surface area contributed by atoms with E-state index in [1.165, 1.54) is 12.8 Å². The molecule has 0 radical (unpaired) electrons. The lowest BCUT2D eigenvalue weighted by molar-refractivity contribution is 0.0880. The van der Waals surface area contributed by atoms with Crippen molar-refractivity contribution in [1.29, 1.82) is 0 Å². The monoisotopic (exact) mass is 312 g/mol. The molecule has 0 spiro atoms. The molecule has 0 bridgehead atoms. The predicted molar refractivity (Wildman–Crippen MR) is 71.7 cm³/mol. The fourth-order valence-corrected chi connectivity index (χ4v) is 2.82. The molecule has 3 rings (SSSR count). The predicted octanol–water partition coefficient (Wildman–Crippen LogP) is 2.49. The average Bonchev–Trinajstić information content (AvgIpc) is 2.96. The van der Waals surface area contributed by atoms with Gasteiger partial charge in [0.25, 0.3) is 5.91 Å². The molecule has 1 aromatic heterocycles. The Balaban J connectivity index is 1.79. The highest BCUT2D eigenvalue weighted by Gasteiger charge is 2.34. The summed E-state index contributed by atoms with van der Waals surface area (Å²) in [5.41, 5.74) is 0.528. The highest BCUT2D eigenvalue weighted by molar-refractivity contribution is 9.10. The summed E-state index contributed by atoms with van der Waals surface area (Å²) in [5, 5.41) is 3.10. The third kappa shape index (κ3) is 2.34. The van der Waals surface area contributed by atoms with Gasteiger partial charge >= 0.3 is 0 Å². The molecule has 2 heterocycles. The minimum atomic E-state index is -0.220. The number of ether oxygens (including phenoxy) is 1. The molecule has 2 fully saturated rings. The van der Waals surface area contributed by atoms with Crippen molar-refractivity contribution >= 4 is 21.8 Å². The Morgan fingerprint density at radius 3 is 3.00 bits per heavy atom. The van der Waals surface area contributed by atoms with E-state index in [2.05, 4.69) is 25.8 Å². The van der Waals surface area contributed by atoms with Crippen LogP contribution in [0.4, 0.5) is 0 Å². The maximum Gasteiger partial charge on any atom is 0.268 e. The number of amides is 1. The molecular weight excluding hydrogens is 296 g/mol. The Bertz CT molecular complexity index is 473. The number of rotatable bonds is 3. The number of hydrogen-bond donors (Lipinski definition) is 1. The highest BCUT2D eigenvalue weighted by atomic mass is 79.9. The summed E-state index contributed by atoms with van der Waals surface area (Å²) in [7, 11) is 0. The van der Waals surface area contributed by atoms with Gasteiger partial charge in [-0.2, -0.15) is 0 Å². The van der Waals surface area contributed by atoms with E-state index in [9.17, 15) is 4.79 Å². The number of carbonyl (C=O) groups is 1. The van der Waals surface area contributed by atoms with E-state index < -0.39 is 0 Å². The van der Waals surface area contributed by atoms with Crippen molar-refractivity contribution in [1.82, 2.24) is 9.88 Å². The number of hydrogen-bond acceptors (Lipinski definition) is 2. The van der Waals surface area contributed by atoms with Crippen molar-refractivity contribution in [2.45, 2.75) is 37.8 Å². The van der Waals surface area contributed by atoms with Crippen LogP contribution in [0.2, 0.25) is 0 Å². The lowest BCUT2D eigenvalue weighted by Gasteiger charge is -2.23. The molecular formula is C13H17BrN2O2. The van der Waals surface area contributed by atoms with Crippen LogP contribution in [0.5, 0.6) is 0 Å². The van der Waals surface area contributed by atoms with Gasteiger partial charge in [0.2, 0.25) is 0 Å². The molecule has 2 aliphatic rings. The lowest BCUT2D eigenvalue weighted by Crippen LogP contribution is -2.46. The summed E-state index contributed by atoms with van der Waals surface area (Å²) in [6.07, 6.45) is 5.22. The van der Waals surface area contributed by atoms with E-state index >= 15 is 0 Å².